The zero-order valence-corrected chi connectivity index (χ0v) is 9.92. The molecule has 0 bridgehead atoms. The average molecular weight is 250 g/mol. The average Bonchev–Trinajstić information content (AvgIpc) is 2.85. The molecular formula is C10H10N4O2S. The molecule has 1 aromatic heterocycles. The Morgan fingerprint density at radius 2 is 2.18 bits per heavy atom. The molecule has 0 atom stereocenters. The maximum Gasteiger partial charge on any atom is 0.316 e. The third-order valence-electron chi connectivity index (χ3n) is 1.99. The van der Waals surface area contributed by atoms with Crippen LogP contribution in [0, 0.1) is 0 Å². The first kappa shape index (κ1) is 11.6. The molecule has 0 radical (unpaired) electrons. The highest BCUT2D eigenvalue weighted by Gasteiger charge is 2.10. The minimum atomic E-state index is -0.308. The van der Waals surface area contributed by atoms with Crippen molar-refractivity contribution in [3.05, 3.63) is 30.3 Å². The number of hydrogen-bond donors (Lipinski definition) is 0. The molecule has 0 N–H and O–H groups in total. The van der Waals surface area contributed by atoms with Crippen molar-refractivity contribution in [2.75, 3.05) is 12.9 Å². The van der Waals surface area contributed by atoms with Crippen LogP contribution in [0.25, 0.3) is 5.69 Å². The van der Waals surface area contributed by atoms with Crippen molar-refractivity contribution in [2.45, 2.75) is 5.16 Å². The Kier molecular flexibility index (Phi) is 3.71. The second kappa shape index (κ2) is 5.44. The Morgan fingerprint density at radius 3 is 2.88 bits per heavy atom. The maximum atomic E-state index is 11.0. The van der Waals surface area contributed by atoms with E-state index in [1.807, 2.05) is 30.3 Å². The predicted molar refractivity (Wildman–Crippen MR) is 61.9 cm³/mol. The number of ether oxygens (including phenoxy) is 1. The fraction of sp³-hybridized carbons (Fsp3) is 0.200. The number of esters is 1. The van der Waals surface area contributed by atoms with Crippen LogP contribution in [0.4, 0.5) is 0 Å². The number of carbonyl (C=O) groups excluding carboxylic acids is 1. The van der Waals surface area contributed by atoms with Crippen molar-refractivity contribution in [2.24, 2.45) is 0 Å². The fourth-order valence-electron chi connectivity index (χ4n) is 1.18. The van der Waals surface area contributed by atoms with E-state index >= 15 is 0 Å². The SMILES string of the molecule is COC(=O)CSc1nnnn1-c1ccccc1. The van der Waals surface area contributed by atoms with Crippen molar-refractivity contribution < 1.29 is 9.53 Å². The molecule has 88 valence electrons. The van der Waals surface area contributed by atoms with E-state index in [-0.39, 0.29) is 11.7 Å². The molecule has 6 nitrogen and oxygen atoms in total. The smallest absolute Gasteiger partial charge is 0.316 e. The molecule has 17 heavy (non-hydrogen) atoms. The summed E-state index contributed by atoms with van der Waals surface area (Å²) in [5, 5.41) is 11.9. The highest BCUT2D eigenvalue weighted by molar-refractivity contribution is 7.99. The molecule has 0 aliphatic rings. The van der Waals surface area contributed by atoms with Crippen LogP contribution in [-0.4, -0.2) is 39.0 Å². The van der Waals surface area contributed by atoms with Crippen molar-refractivity contribution >= 4 is 17.7 Å². The summed E-state index contributed by atoms with van der Waals surface area (Å²) in [4.78, 5) is 11.0. The normalized spacial score (nSPS) is 10.2. The largest absolute Gasteiger partial charge is 0.468 e. The summed E-state index contributed by atoms with van der Waals surface area (Å²) in [6, 6.07) is 9.48. The Hall–Kier alpha value is -1.89. The van der Waals surface area contributed by atoms with Crippen LogP contribution in [-0.2, 0) is 9.53 Å². The van der Waals surface area contributed by atoms with E-state index in [0.29, 0.717) is 5.16 Å². The first-order chi connectivity index (χ1) is 8.31. The molecule has 0 saturated heterocycles. The zero-order valence-electron chi connectivity index (χ0n) is 9.11. The maximum absolute atomic E-state index is 11.0. The summed E-state index contributed by atoms with van der Waals surface area (Å²) in [7, 11) is 1.35. The Balaban J connectivity index is 2.15. The lowest BCUT2D eigenvalue weighted by molar-refractivity contribution is -0.137. The van der Waals surface area contributed by atoms with Gasteiger partial charge in [0.25, 0.3) is 0 Å². The third-order valence-corrected chi connectivity index (χ3v) is 2.88. The number of tetrazole rings is 1. The molecule has 0 aliphatic carbocycles. The lowest BCUT2D eigenvalue weighted by Gasteiger charge is -2.02. The lowest BCUT2D eigenvalue weighted by Crippen LogP contribution is -2.05. The molecular weight excluding hydrogens is 240 g/mol. The summed E-state index contributed by atoms with van der Waals surface area (Å²) in [6.45, 7) is 0. The topological polar surface area (TPSA) is 69.9 Å². The van der Waals surface area contributed by atoms with E-state index in [9.17, 15) is 4.79 Å². The van der Waals surface area contributed by atoms with Crippen molar-refractivity contribution in [3.63, 3.8) is 0 Å². The Bertz CT molecular complexity index is 500. The summed E-state index contributed by atoms with van der Waals surface area (Å²) in [6.07, 6.45) is 0. The number of hydrogen-bond acceptors (Lipinski definition) is 6. The van der Waals surface area contributed by atoms with E-state index in [2.05, 4.69) is 20.3 Å². The second-order valence-electron chi connectivity index (χ2n) is 3.07. The molecule has 7 heteroatoms. The van der Waals surface area contributed by atoms with Crippen LogP contribution in [0.1, 0.15) is 0 Å². The summed E-state index contributed by atoms with van der Waals surface area (Å²) < 4.78 is 6.13. The molecule has 0 saturated carbocycles. The van der Waals surface area contributed by atoms with Gasteiger partial charge in [-0.2, -0.15) is 4.68 Å². The first-order valence-electron chi connectivity index (χ1n) is 4.84. The molecule has 0 unspecified atom stereocenters. The van der Waals surface area contributed by atoms with E-state index in [1.165, 1.54) is 18.9 Å². The van der Waals surface area contributed by atoms with Crippen LogP contribution in [0.3, 0.4) is 0 Å². The van der Waals surface area contributed by atoms with Gasteiger partial charge in [0, 0.05) is 0 Å². The standard InChI is InChI=1S/C10H10N4O2S/c1-16-9(15)7-17-10-11-12-13-14(10)8-5-3-2-4-6-8/h2-6H,7H2,1H3. The number of methoxy groups -OCH3 is 1. The van der Waals surface area contributed by atoms with Gasteiger partial charge in [0.2, 0.25) is 5.16 Å². The van der Waals surface area contributed by atoms with Crippen molar-refractivity contribution in [1.29, 1.82) is 0 Å². The summed E-state index contributed by atoms with van der Waals surface area (Å²) in [5.41, 5.74) is 0.852. The molecule has 0 spiro atoms. The van der Waals surface area contributed by atoms with Gasteiger partial charge >= 0.3 is 5.97 Å². The Labute approximate surface area is 102 Å². The van der Waals surface area contributed by atoms with Gasteiger partial charge in [0.15, 0.2) is 0 Å². The minimum Gasteiger partial charge on any atom is -0.468 e. The van der Waals surface area contributed by atoms with Gasteiger partial charge in [-0.25, -0.2) is 0 Å². The van der Waals surface area contributed by atoms with Crippen LogP contribution in [0.15, 0.2) is 35.5 Å². The summed E-state index contributed by atoms with van der Waals surface area (Å²) >= 11 is 1.23. The van der Waals surface area contributed by atoms with Gasteiger partial charge in [0.05, 0.1) is 18.6 Å². The highest BCUT2D eigenvalue weighted by atomic mass is 32.2. The first-order valence-corrected chi connectivity index (χ1v) is 5.83. The van der Waals surface area contributed by atoms with Gasteiger partial charge in [-0.3, -0.25) is 4.79 Å². The molecule has 2 rings (SSSR count). The Morgan fingerprint density at radius 1 is 1.41 bits per heavy atom. The zero-order chi connectivity index (χ0) is 12.1. The van der Waals surface area contributed by atoms with E-state index in [1.54, 1.807) is 4.68 Å². The van der Waals surface area contributed by atoms with Crippen LogP contribution in [0.2, 0.25) is 0 Å². The van der Waals surface area contributed by atoms with Crippen LogP contribution in [0.5, 0.6) is 0 Å². The number of benzene rings is 1. The molecule has 0 aliphatic heterocycles. The van der Waals surface area contributed by atoms with Gasteiger partial charge in [0.1, 0.15) is 0 Å². The number of thioether (sulfide) groups is 1. The van der Waals surface area contributed by atoms with Crippen LogP contribution >= 0.6 is 11.8 Å². The van der Waals surface area contributed by atoms with Gasteiger partial charge in [-0.1, -0.05) is 30.0 Å². The molecule has 1 aromatic carbocycles. The minimum absolute atomic E-state index is 0.184. The number of aromatic nitrogens is 4. The third kappa shape index (κ3) is 2.82. The van der Waals surface area contributed by atoms with Crippen molar-refractivity contribution in [3.8, 4) is 5.69 Å². The highest BCUT2D eigenvalue weighted by Crippen LogP contribution is 2.17. The van der Waals surface area contributed by atoms with Gasteiger partial charge in [-0.05, 0) is 22.6 Å². The van der Waals surface area contributed by atoms with E-state index < -0.39 is 0 Å². The number of carbonyl (C=O) groups is 1. The predicted octanol–water partition coefficient (Wildman–Crippen LogP) is 0.927. The van der Waals surface area contributed by atoms with Gasteiger partial charge in [-0.15, -0.1) is 5.10 Å². The number of nitrogens with zero attached hydrogens (tertiary/aromatic N) is 4. The fourth-order valence-corrected chi connectivity index (χ4v) is 1.91. The van der Waals surface area contributed by atoms with Crippen LogP contribution < -0.4 is 0 Å². The molecule has 2 aromatic rings. The second-order valence-corrected chi connectivity index (χ2v) is 4.02. The monoisotopic (exact) mass is 250 g/mol. The number of rotatable bonds is 4. The van der Waals surface area contributed by atoms with E-state index in [0.717, 1.165) is 5.69 Å². The lowest BCUT2D eigenvalue weighted by atomic mass is 10.3. The molecule has 0 amide bonds. The van der Waals surface area contributed by atoms with Crippen molar-refractivity contribution in [1.82, 2.24) is 20.2 Å². The molecule has 1 heterocycles. The van der Waals surface area contributed by atoms with E-state index in [4.69, 9.17) is 0 Å². The quantitative estimate of drug-likeness (QED) is 0.594. The number of para-hydroxylation sites is 1. The van der Waals surface area contributed by atoms with Gasteiger partial charge < -0.3 is 4.74 Å². The summed E-state index contributed by atoms with van der Waals surface area (Å²) in [5.74, 6) is -0.124. The molecule has 0 fully saturated rings.